The van der Waals surface area contributed by atoms with Crippen LogP contribution in [0.4, 0.5) is 0 Å². The maximum absolute atomic E-state index is 12.5. The number of fused-ring (bicyclic) bond motifs is 1. The van der Waals surface area contributed by atoms with E-state index in [0.29, 0.717) is 18.7 Å². The molecule has 1 aliphatic rings. The largest absolute Gasteiger partial charge is 0.494 e. The average molecular weight is 366 g/mol. The molecular weight excluding hydrogens is 340 g/mol. The Balaban J connectivity index is 1.57. The highest BCUT2D eigenvalue weighted by molar-refractivity contribution is 5.99. The number of hydrogen-bond donors (Lipinski definition) is 1. The fraction of sp³-hybridized carbons (Fsp3) is 0.364. The van der Waals surface area contributed by atoms with Gasteiger partial charge in [-0.15, -0.1) is 0 Å². The standard InChI is InChI=1S/C22H26N2O3/c1-3-27-20-10-9-17-11-12-24(15-19(17)13-20)16(2)22(26)23-14-21(25)18-7-5-4-6-8-18/h4-10,13,16H,3,11-12,14-15H2,1-2H3,(H,23,26)/t16-/m0/s1. The van der Waals surface area contributed by atoms with Crippen LogP contribution in [0.2, 0.25) is 0 Å². The molecule has 3 rings (SSSR count). The third-order valence-electron chi connectivity index (χ3n) is 4.98. The number of hydrogen-bond acceptors (Lipinski definition) is 4. The van der Waals surface area contributed by atoms with Gasteiger partial charge in [0.2, 0.25) is 5.91 Å². The van der Waals surface area contributed by atoms with E-state index in [4.69, 9.17) is 4.74 Å². The lowest BCUT2D eigenvalue weighted by atomic mass is 9.98. The van der Waals surface area contributed by atoms with Crippen LogP contribution in [0, 0.1) is 0 Å². The molecule has 1 N–H and O–H groups in total. The summed E-state index contributed by atoms with van der Waals surface area (Å²) in [5.74, 6) is 0.661. The van der Waals surface area contributed by atoms with Crippen molar-refractivity contribution in [2.45, 2.75) is 32.9 Å². The predicted octanol–water partition coefficient (Wildman–Crippen LogP) is 2.83. The highest BCUT2D eigenvalue weighted by atomic mass is 16.5. The molecule has 27 heavy (non-hydrogen) atoms. The summed E-state index contributed by atoms with van der Waals surface area (Å²) in [5.41, 5.74) is 3.12. The Kier molecular flexibility index (Phi) is 6.24. The van der Waals surface area contributed by atoms with Gasteiger partial charge in [0.1, 0.15) is 5.75 Å². The van der Waals surface area contributed by atoms with Gasteiger partial charge < -0.3 is 10.1 Å². The van der Waals surface area contributed by atoms with Crippen LogP contribution in [-0.4, -0.2) is 42.3 Å². The van der Waals surface area contributed by atoms with Crippen LogP contribution in [0.3, 0.4) is 0 Å². The number of nitrogens with zero attached hydrogens (tertiary/aromatic N) is 1. The molecule has 2 aromatic rings. The molecule has 0 bridgehead atoms. The van der Waals surface area contributed by atoms with Crippen molar-refractivity contribution in [3.8, 4) is 5.75 Å². The number of ketones is 1. The summed E-state index contributed by atoms with van der Waals surface area (Å²) in [7, 11) is 0. The van der Waals surface area contributed by atoms with Crippen molar-refractivity contribution in [1.29, 1.82) is 0 Å². The number of amides is 1. The minimum absolute atomic E-state index is 0.0199. The Morgan fingerprint density at radius 3 is 2.67 bits per heavy atom. The number of nitrogens with one attached hydrogen (secondary N) is 1. The zero-order valence-electron chi connectivity index (χ0n) is 15.9. The fourth-order valence-corrected chi connectivity index (χ4v) is 3.35. The Morgan fingerprint density at radius 1 is 1.15 bits per heavy atom. The minimum Gasteiger partial charge on any atom is -0.494 e. The van der Waals surface area contributed by atoms with E-state index in [0.717, 1.165) is 18.7 Å². The van der Waals surface area contributed by atoms with Crippen molar-refractivity contribution in [3.05, 3.63) is 65.2 Å². The molecule has 0 fully saturated rings. The van der Waals surface area contributed by atoms with E-state index in [1.807, 2.05) is 38.1 Å². The lowest BCUT2D eigenvalue weighted by Gasteiger charge is -2.33. The Hall–Kier alpha value is -2.66. The SMILES string of the molecule is CCOc1ccc2c(c1)CN([C@@H](C)C(=O)NCC(=O)c1ccccc1)CC2. The number of ether oxygens (including phenoxy) is 1. The maximum Gasteiger partial charge on any atom is 0.237 e. The molecule has 1 atom stereocenters. The van der Waals surface area contributed by atoms with E-state index in [1.165, 1.54) is 11.1 Å². The number of rotatable bonds is 7. The molecule has 5 heteroatoms. The summed E-state index contributed by atoms with van der Waals surface area (Å²) in [6.45, 7) is 6.04. The molecule has 1 amide bonds. The molecule has 5 nitrogen and oxygen atoms in total. The number of carbonyl (C=O) groups is 2. The summed E-state index contributed by atoms with van der Waals surface area (Å²) < 4.78 is 5.59. The third kappa shape index (κ3) is 4.74. The van der Waals surface area contributed by atoms with Crippen molar-refractivity contribution < 1.29 is 14.3 Å². The first kappa shape index (κ1) is 19.1. The fourth-order valence-electron chi connectivity index (χ4n) is 3.35. The normalized spacial score (nSPS) is 14.9. The Labute approximate surface area is 160 Å². The van der Waals surface area contributed by atoms with Gasteiger partial charge in [0.15, 0.2) is 5.78 Å². The molecule has 1 heterocycles. The van der Waals surface area contributed by atoms with Crippen molar-refractivity contribution in [2.75, 3.05) is 19.7 Å². The second-order valence-corrected chi connectivity index (χ2v) is 6.77. The van der Waals surface area contributed by atoms with Gasteiger partial charge in [-0.05, 0) is 43.5 Å². The van der Waals surface area contributed by atoms with E-state index in [1.54, 1.807) is 12.1 Å². The maximum atomic E-state index is 12.5. The summed E-state index contributed by atoms with van der Waals surface area (Å²) in [6.07, 6.45) is 0.905. The lowest BCUT2D eigenvalue weighted by molar-refractivity contribution is -0.126. The summed E-state index contributed by atoms with van der Waals surface area (Å²) in [4.78, 5) is 26.8. The summed E-state index contributed by atoms with van der Waals surface area (Å²) >= 11 is 0. The molecule has 0 spiro atoms. The van der Waals surface area contributed by atoms with Gasteiger partial charge >= 0.3 is 0 Å². The van der Waals surface area contributed by atoms with E-state index < -0.39 is 0 Å². The van der Waals surface area contributed by atoms with E-state index in [-0.39, 0.29) is 24.3 Å². The van der Waals surface area contributed by atoms with Crippen LogP contribution in [-0.2, 0) is 17.8 Å². The zero-order chi connectivity index (χ0) is 19.2. The van der Waals surface area contributed by atoms with Gasteiger partial charge in [0, 0.05) is 18.7 Å². The first-order valence-electron chi connectivity index (χ1n) is 9.43. The second-order valence-electron chi connectivity index (χ2n) is 6.77. The smallest absolute Gasteiger partial charge is 0.237 e. The van der Waals surface area contributed by atoms with Gasteiger partial charge in [0.25, 0.3) is 0 Å². The number of carbonyl (C=O) groups excluding carboxylic acids is 2. The summed E-state index contributed by atoms with van der Waals surface area (Å²) in [6, 6.07) is 14.9. The molecule has 0 saturated carbocycles. The van der Waals surface area contributed by atoms with Crippen LogP contribution >= 0.6 is 0 Å². The van der Waals surface area contributed by atoms with Crippen molar-refractivity contribution in [1.82, 2.24) is 10.2 Å². The summed E-state index contributed by atoms with van der Waals surface area (Å²) in [5, 5.41) is 2.78. The van der Waals surface area contributed by atoms with Crippen molar-refractivity contribution >= 4 is 11.7 Å². The second kappa shape index (κ2) is 8.82. The predicted molar refractivity (Wildman–Crippen MR) is 105 cm³/mol. The van der Waals surface area contributed by atoms with Gasteiger partial charge in [-0.2, -0.15) is 0 Å². The molecule has 0 saturated heterocycles. The quantitative estimate of drug-likeness (QED) is 0.766. The van der Waals surface area contributed by atoms with Crippen molar-refractivity contribution in [2.24, 2.45) is 0 Å². The molecular formula is C22H26N2O3. The van der Waals surface area contributed by atoms with Gasteiger partial charge in [-0.1, -0.05) is 36.4 Å². The topological polar surface area (TPSA) is 58.6 Å². The molecule has 0 radical (unpaired) electrons. The highest BCUT2D eigenvalue weighted by Gasteiger charge is 2.25. The van der Waals surface area contributed by atoms with Gasteiger partial charge in [-0.3, -0.25) is 14.5 Å². The first-order valence-corrected chi connectivity index (χ1v) is 9.43. The van der Waals surface area contributed by atoms with Crippen LogP contribution in [0.5, 0.6) is 5.75 Å². The third-order valence-corrected chi connectivity index (χ3v) is 4.98. The Bertz CT molecular complexity index is 804. The van der Waals surface area contributed by atoms with E-state index in [9.17, 15) is 9.59 Å². The zero-order valence-corrected chi connectivity index (χ0v) is 15.9. The lowest BCUT2D eigenvalue weighted by Crippen LogP contribution is -2.48. The molecule has 1 aliphatic heterocycles. The van der Waals surface area contributed by atoms with E-state index >= 15 is 0 Å². The average Bonchev–Trinajstić information content (AvgIpc) is 2.71. The monoisotopic (exact) mass is 366 g/mol. The van der Waals surface area contributed by atoms with Crippen LogP contribution in [0.1, 0.15) is 35.3 Å². The van der Waals surface area contributed by atoms with Crippen LogP contribution in [0.15, 0.2) is 48.5 Å². The molecule has 0 unspecified atom stereocenters. The molecule has 0 aliphatic carbocycles. The van der Waals surface area contributed by atoms with Crippen LogP contribution < -0.4 is 10.1 Å². The number of Topliss-reactive ketones (excluding diaryl/α,β-unsaturated/α-hetero) is 1. The molecule has 0 aromatic heterocycles. The molecule has 2 aromatic carbocycles. The van der Waals surface area contributed by atoms with Crippen LogP contribution in [0.25, 0.3) is 0 Å². The van der Waals surface area contributed by atoms with Crippen molar-refractivity contribution in [3.63, 3.8) is 0 Å². The van der Waals surface area contributed by atoms with Gasteiger partial charge in [-0.25, -0.2) is 0 Å². The minimum atomic E-state index is -0.294. The number of benzene rings is 2. The Morgan fingerprint density at radius 2 is 1.93 bits per heavy atom. The molecule has 142 valence electrons. The first-order chi connectivity index (χ1) is 13.1. The highest BCUT2D eigenvalue weighted by Crippen LogP contribution is 2.25. The van der Waals surface area contributed by atoms with E-state index in [2.05, 4.69) is 22.3 Å². The van der Waals surface area contributed by atoms with Gasteiger partial charge in [0.05, 0.1) is 19.2 Å².